The fraction of sp³-hybridized carbons (Fsp3) is 0.375. The summed E-state index contributed by atoms with van der Waals surface area (Å²) in [5, 5.41) is 10.0. The van der Waals surface area contributed by atoms with Crippen LogP contribution < -0.4 is 4.74 Å². The molecule has 1 heterocycles. The molecule has 21 heavy (non-hydrogen) atoms. The number of halogens is 1. The molecule has 0 aliphatic carbocycles. The van der Waals surface area contributed by atoms with E-state index in [1.807, 2.05) is 55.3 Å². The van der Waals surface area contributed by atoms with Crippen molar-refractivity contribution in [2.24, 2.45) is 0 Å². The first-order valence-electron chi connectivity index (χ1n) is 6.84. The number of likely N-dealkylation sites (N-methyl/N-ethyl adjacent to an activating group) is 1. The Kier molecular flexibility index (Phi) is 5.85. The molecule has 1 atom stereocenters. The Bertz CT molecular complexity index is 570. The molecular weight excluding hydrogens is 334 g/mol. The number of aliphatic hydroxyl groups excluding tert-OH is 1. The Labute approximate surface area is 133 Å². The molecule has 1 aromatic heterocycles. The maximum Gasteiger partial charge on any atom is 0.169 e. The third-order valence-corrected chi connectivity index (χ3v) is 3.53. The van der Waals surface area contributed by atoms with E-state index in [2.05, 4.69) is 15.9 Å². The Morgan fingerprint density at radius 2 is 2.05 bits per heavy atom. The third kappa shape index (κ3) is 5.19. The summed E-state index contributed by atoms with van der Waals surface area (Å²) in [6.45, 7) is 3.43. The van der Waals surface area contributed by atoms with Gasteiger partial charge in [0.25, 0.3) is 0 Å². The van der Waals surface area contributed by atoms with Gasteiger partial charge in [0.1, 0.15) is 24.2 Å². The number of hydrogen-bond acceptors (Lipinski definition) is 4. The van der Waals surface area contributed by atoms with Crippen molar-refractivity contribution in [3.05, 3.63) is 52.4 Å². The smallest absolute Gasteiger partial charge is 0.169 e. The lowest BCUT2D eigenvalue weighted by atomic mass is 10.2. The summed E-state index contributed by atoms with van der Waals surface area (Å²) < 4.78 is 11.8. The first-order valence-corrected chi connectivity index (χ1v) is 7.63. The van der Waals surface area contributed by atoms with Crippen LogP contribution in [0.3, 0.4) is 0 Å². The van der Waals surface area contributed by atoms with Crippen LogP contribution in [0.25, 0.3) is 0 Å². The van der Waals surface area contributed by atoms with Crippen LogP contribution in [0, 0.1) is 6.92 Å². The topological polar surface area (TPSA) is 45.8 Å². The Hall–Kier alpha value is -1.30. The lowest BCUT2D eigenvalue weighted by Gasteiger charge is -2.20. The lowest BCUT2D eigenvalue weighted by molar-refractivity contribution is 0.0722. The zero-order chi connectivity index (χ0) is 15.2. The molecular formula is C16H20BrNO3. The molecule has 4 nitrogen and oxygen atoms in total. The average molecular weight is 354 g/mol. The summed E-state index contributed by atoms with van der Waals surface area (Å²) >= 11 is 3.28. The third-order valence-electron chi connectivity index (χ3n) is 3.10. The van der Waals surface area contributed by atoms with Crippen LogP contribution in [0.5, 0.6) is 5.75 Å². The monoisotopic (exact) mass is 353 g/mol. The van der Waals surface area contributed by atoms with Gasteiger partial charge in [0.15, 0.2) is 4.67 Å². The zero-order valence-corrected chi connectivity index (χ0v) is 13.8. The van der Waals surface area contributed by atoms with E-state index in [0.717, 1.165) is 17.1 Å². The van der Waals surface area contributed by atoms with Crippen molar-refractivity contribution in [3.8, 4) is 5.75 Å². The summed E-state index contributed by atoms with van der Waals surface area (Å²) in [5.41, 5.74) is 1.07. The van der Waals surface area contributed by atoms with Crippen LogP contribution >= 0.6 is 15.9 Å². The second-order valence-electron chi connectivity index (χ2n) is 5.13. The van der Waals surface area contributed by atoms with Gasteiger partial charge in [-0.1, -0.05) is 18.2 Å². The van der Waals surface area contributed by atoms with Gasteiger partial charge in [-0.05, 0) is 53.7 Å². The maximum atomic E-state index is 10.0. The fourth-order valence-corrected chi connectivity index (χ4v) is 2.42. The highest BCUT2D eigenvalue weighted by atomic mass is 79.9. The number of para-hydroxylation sites is 1. The molecule has 114 valence electrons. The van der Waals surface area contributed by atoms with Crippen LogP contribution in [0.15, 0.2) is 45.5 Å². The molecule has 0 aliphatic rings. The van der Waals surface area contributed by atoms with Crippen molar-refractivity contribution < 1.29 is 14.3 Å². The predicted octanol–water partition coefficient (Wildman–Crippen LogP) is 3.22. The summed E-state index contributed by atoms with van der Waals surface area (Å²) in [4.78, 5) is 2.00. The average Bonchev–Trinajstić information content (AvgIpc) is 2.83. The van der Waals surface area contributed by atoms with Gasteiger partial charge in [0.05, 0.1) is 6.54 Å². The second kappa shape index (κ2) is 7.64. The molecule has 0 saturated carbocycles. The highest BCUT2D eigenvalue weighted by Crippen LogP contribution is 2.17. The van der Waals surface area contributed by atoms with Gasteiger partial charge in [-0.3, -0.25) is 4.90 Å². The molecule has 2 aromatic rings. The standard InChI is InChI=1S/C16H20BrNO3/c1-12-5-3-4-6-15(12)20-11-13(19)9-18(2)10-14-7-8-16(17)21-14/h3-8,13,19H,9-11H2,1-2H3. The number of nitrogens with zero attached hydrogens (tertiary/aromatic N) is 1. The Morgan fingerprint density at radius 3 is 2.71 bits per heavy atom. The molecule has 0 radical (unpaired) electrons. The van der Waals surface area contributed by atoms with Gasteiger partial charge in [-0.15, -0.1) is 0 Å². The van der Waals surface area contributed by atoms with Gasteiger partial charge in [0, 0.05) is 6.54 Å². The van der Waals surface area contributed by atoms with E-state index < -0.39 is 6.10 Å². The largest absolute Gasteiger partial charge is 0.491 e. The van der Waals surface area contributed by atoms with E-state index >= 15 is 0 Å². The fourth-order valence-electron chi connectivity index (χ4n) is 2.08. The molecule has 0 fully saturated rings. The number of furan rings is 1. The lowest BCUT2D eigenvalue weighted by Crippen LogP contribution is -2.32. The maximum absolute atomic E-state index is 10.0. The van der Waals surface area contributed by atoms with E-state index in [0.29, 0.717) is 17.8 Å². The van der Waals surface area contributed by atoms with Crippen LogP contribution in [-0.2, 0) is 6.54 Å². The first-order chi connectivity index (χ1) is 10.0. The van der Waals surface area contributed by atoms with Crippen LogP contribution in [-0.4, -0.2) is 36.3 Å². The number of benzene rings is 1. The normalized spacial score (nSPS) is 12.6. The van der Waals surface area contributed by atoms with Gasteiger partial charge < -0.3 is 14.3 Å². The zero-order valence-electron chi connectivity index (χ0n) is 12.3. The van der Waals surface area contributed by atoms with Crippen molar-refractivity contribution in [3.63, 3.8) is 0 Å². The van der Waals surface area contributed by atoms with Crippen LogP contribution in [0.4, 0.5) is 0 Å². The summed E-state index contributed by atoms with van der Waals surface area (Å²) in [6, 6.07) is 11.6. The molecule has 1 unspecified atom stereocenters. The highest BCUT2D eigenvalue weighted by Gasteiger charge is 2.11. The SMILES string of the molecule is Cc1ccccc1OCC(O)CN(C)Cc1ccc(Br)o1. The highest BCUT2D eigenvalue weighted by molar-refractivity contribution is 9.10. The van der Waals surface area contributed by atoms with E-state index in [9.17, 15) is 5.11 Å². The molecule has 0 amide bonds. The van der Waals surface area contributed by atoms with E-state index in [4.69, 9.17) is 9.15 Å². The van der Waals surface area contributed by atoms with Crippen molar-refractivity contribution in [2.45, 2.75) is 19.6 Å². The molecule has 0 aliphatic heterocycles. The summed E-state index contributed by atoms with van der Waals surface area (Å²) in [5.74, 6) is 1.67. The number of rotatable bonds is 7. The van der Waals surface area contributed by atoms with E-state index in [-0.39, 0.29) is 6.61 Å². The second-order valence-corrected chi connectivity index (χ2v) is 5.91. The minimum atomic E-state index is -0.548. The molecule has 0 saturated heterocycles. The van der Waals surface area contributed by atoms with Gasteiger partial charge in [-0.25, -0.2) is 0 Å². The first kappa shape index (κ1) is 16.1. The van der Waals surface area contributed by atoms with Crippen molar-refractivity contribution >= 4 is 15.9 Å². The molecule has 5 heteroatoms. The number of aryl methyl sites for hydroxylation is 1. The van der Waals surface area contributed by atoms with Crippen molar-refractivity contribution in [1.29, 1.82) is 0 Å². The molecule has 1 N–H and O–H groups in total. The van der Waals surface area contributed by atoms with Gasteiger partial charge in [0.2, 0.25) is 0 Å². The number of hydrogen-bond donors (Lipinski definition) is 1. The minimum absolute atomic E-state index is 0.275. The summed E-state index contributed by atoms with van der Waals surface area (Å²) in [6.07, 6.45) is -0.548. The molecule has 0 bridgehead atoms. The quantitative estimate of drug-likeness (QED) is 0.829. The predicted molar refractivity (Wildman–Crippen MR) is 85.4 cm³/mol. The van der Waals surface area contributed by atoms with Crippen molar-refractivity contribution in [2.75, 3.05) is 20.2 Å². The molecule has 2 rings (SSSR count). The van der Waals surface area contributed by atoms with Crippen LogP contribution in [0.2, 0.25) is 0 Å². The number of ether oxygens (including phenoxy) is 1. The van der Waals surface area contributed by atoms with E-state index in [1.165, 1.54) is 0 Å². The Balaban J connectivity index is 1.76. The van der Waals surface area contributed by atoms with Gasteiger partial charge >= 0.3 is 0 Å². The summed E-state index contributed by atoms with van der Waals surface area (Å²) in [7, 11) is 1.94. The minimum Gasteiger partial charge on any atom is -0.491 e. The van der Waals surface area contributed by atoms with E-state index in [1.54, 1.807) is 0 Å². The number of aliphatic hydroxyl groups is 1. The molecule has 0 spiro atoms. The molecule has 1 aromatic carbocycles. The Morgan fingerprint density at radius 1 is 1.29 bits per heavy atom. The van der Waals surface area contributed by atoms with Crippen LogP contribution in [0.1, 0.15) is 11.3 Å². The van der Waals surface area contributed by atoms with Crippen molar-refractivity contribution in [1.82, 2.24) is 4.90 Å². The van der Waals surface area contributed by atoms with Gasteiger partial charge in [-0.2, -0.15) is 0 Å².